The van der Waals surface area contributed by atoms with Crippen molar-refractivity contribution in [2.75, 3.05) is 7.11 Å². The van der Waals surface area contributed by atoms with E-state index in [0.717, 1.165) is 5.56 Å². The molecule has 0 unspecified atom stereocenters. The molecule has 0 aromatic heterocycles. The lowest BCUT2D eigenvalue weighted by molar-refractivity contribution is -0.122. The van der Waals surface area contributed by atoms with E-state index in [2.05, 4.69) is 0 Å². The van der Waals surface area contributed by atoms with Gasteiger partial charge in [0.2, 0.25) is 0 Å². The summed E-state index contributed by atoms with van der Waals surface area (Å²) in [5.41, 5.74) is 0.299. The largest absolute Gasteiger partial charge is 0.496 e. The molecule has 0 amide bonds. The fraction of sp³-hybridized carbons (Fsp3) is 0.533. The average Bonchev–Trinajstić information content (AvgIpc) is 2.28. The summed E-state index contributed by atoms with van der Waals surface area (Å²) in [6.45, 7) is 7.62. The molecule has 1 aromatic rings. The Morgan fingerprint density at radius 3 is 2.50 bits per heavy atom. The lowest BCUT2D eigenvalue weighted by atomic mass is 9.78. The molecule has 0 saturated heterocycles. The lowest BCUT2D eigenvalue weighted by Crippen LogP contribution is -2.25. The van der Waals surface area contributed by atoms with E-state index in [0.29, 0.717) is 12.2 Å². The van der Waals surface area contributed by atoms with Crippen molar-refractivity contribution in [3.05, 3.63) is 29.6 Å². The van der Waals surface area contributed by atoms with Crippen LogP contribution < -0.4 is 4.74 Å². The van der Waals surface area contributed by atoms with Crippen LogP contribution in [0.4, 0.5) is 4.39 Å². The molecule has 0 radical (unpaired) electrons. The van der Waals surface area contributed by atoms with Gasteiger partial charge in [0.05, 0.1) is 7.11 Å². The Bertz CT molecular complexity index is 436. The lowest BCUT2D eigenvalue weighted by Gasteiger charge is -2.27. The number of ketones is 1. The third kappa shape index (κ3) is 3.31. The van der Waals surface area contributed by atoms with Crippen molar-refractivity contribution in [2.24, 2.45) is 5.92 Å². The van der Waals surface area contributed by atoms with Gasteiger partial charge in [0.15, 0.2) is 0 Å². The van der Waals surface area contributed by atoms with Gasteiger partial charge in [-0.2, -0.15) is 0 Å². The third-order valence-corrected chi connectivity index (χ3v) is 3.15. The van der Waals surface area contributed by atoms with E-state index in [1.165, 1.54) is 12.1 Å². The number of carbonyl (C=O) groups is 1. The minimum atomic E-state index is -0.436. The topological polar surface area (TPSA) is 26.3 Å². The molecule has 0 heterocycles. The zero-order valence-electron chi connectivity index (χ0n) is 11.7. The minimum absolute atomic E-state index is 0.0103. The molecule has 0 saturated carbocycles. The highest BCUT2D eigenvalue weighted by Gasteiger charge is 2.28. The van der Waals surface area contributed by atoms with Crippen molar-refractivity contribution < 1.29 is 13.9 Å². The molecule has 18 heavy (non-hydrogen) atoms. The molecule has 0 fully saturated rings. The molecule has 2 nitrogen and oxygen atoms in total. The first-order valence-electron chi connectivity index (χ1n) is 6.14. The standard InChI is InChI=1S/C15H21FO2/c1-10(2)13(17)9-15(3,4)12-8-11(16)6-7-14(12)18-5/h6-8,10H,9H2,1-5H3. The first-order chi connectivity index (χ1) is 8.27. The van der Waals surface area contributed by atoms with Crippen LogP contribution in [-0.2, 0) is 10.2 Å². The van der Waals surface area contributed by atoms with Crippen molar-refractivity contribution in [2.45, 2.75) is 39.5 Å². The number of carbonyl (C=O) groups excluding carboxylic acids is 1. The van der Waals surface area contributed by atoms with Crippen molar-refractivity contribution in [3.63, 3.8) is 0 Å². The minimum Gasteiger partial charge on any atom is -0.496 e. The van der Waals surface area contributed by atoms with Gasteiger partial charge in [-0.05, 0) is 18.2 Å². The van der Waals surface area contributed by atoms with E-state index in [4.69, 9.17) is 4.74 Å². The summed E-state index contributed by atoms with van der Waals surface area (Å²) < 4.78 is 18.6. The van der Waals surface area contributed by atoms with Crippen LogP contribution in [0, 0.1) is 11.7 Å². The number of rotatable bonds is 5. The second-order valence-electron chi connectivity index (χ2n) is 5.53. The van der Waals surface area contributed by atoms with Crippen LogP contribution in [0.3, 0.4) is 0 Å². The van der Waals surface area contributed by atoms with Gasteiger partial charge >= 0.3 is 0 Å². The van der Waals surface area contributed by atoms with Crippen molar-refractivity contribution in [1.82, 2.24) is 0 Å². The van der Waals surface area contributed by atoms with E-state index >= 15 is 0 Å². The molecule has 0 aliphatic rings. The summed E-state index contributed by atoms with van der Waals surface area (Å²) in [4.78, 5) is 11.9. The Morgan fingerprint density at radius 2 is 2.00 bits per heavy atom. The van der Waals surface area contributed by atoms with Crippen LogP contribution in [0.1, 0.15) is 39.7 Å². The van der Waals surface area contributed by atoms with E-state index in [9.17, 15) is 9.18 Å². The summed E-state index contributed by atoms with van der Waals surface area (Å²) in [5, 5.41) is 0. The highest BCUT2D eigenvalue weighted by Crippen LogP contribution is 2.35. The highest BCUT2D eigenvalue weighted by atomic mass is 19.1. The number of methoxy groups -OCH3 is 1. The van der Waals surface area contributed by atoms with Crippen LogP contribution in [0.15, 0.2) is 18.2 Å². The van der Waals surface area contributed by atoms with Gasteiger partial charge in [-0.3, -0.25) is 4.79 Å². The highest BCUT2D eigenvalue weighted by molar-refractivity contribution is 5.81. The maximum Gasteiger partial charge on any atom is 0.136 e. The third-order valence-electron chi connectivity index (χ3n) is 3.15. The van der Waals surface area contributed by atoms with Crippen LogP contribution in [0.25, 0.3) is 0 Å². The van der Waals surface area contributed by atoms with Gasteiger partial charge in [-0.25, -0.2) is 4.39 Å². The summed E-state index contributed by atoms with van der Waals surface area (Å²) in [6.07, 6.45) is 0.379. The molecule has 0 N–H and O–H groups in total. The Morgan fingerprint density at radius 1 is 1.39 bits per heavy atom. The quantitative estimate of drug-likeness (QED) is 0.798. The zero-order chi connectivity index (χ0) is 13.9. The number of halogens is 1. The molecular formula is C15H21FO2. The summed E-state index contributed by atoms with van der Waals surface area (Å²) in [7, 11) is 1.55. The summed E-state index contributed by atoms with van der Waals surface area (Å²) >= 11 is 0. The smallest absolute Gasteiger partial charge is 0.136 e. The van der Waals surface area contributed by atoms with Gasteiger partial charge in [0.25, 0.3) is 0 Å². The van der Waals surface area contributed by atoms with Crippen molar-refractivity contribution >= 4 is 5.78 Å². The van der Waals surface area contributed by atoms with Crippen molar-refractivity contribution in [1.29, 1.82) is 0 Å². The number of Topliss-reactive ketones (excluding diaryl/α,β-unsaturated/α-hetero) is 1. The Labute approximate surface area is 108 Å². The van der Waals surface area contributed by atoms with Crippen LogP contribution in [0.2, 0.25) is 0 Å². The van der Waals surface area contributed by atoms with Crippen LogP contribution >= 0.6 is 0 Å². The van der Waals surface area contributed by atoms with E-state index in [-0.39, 0.29) is 17.5 Å². The van der Waals surface area contributed by atoms with Crippen molar-refractivity contribution in [3.8, 4) is 5.75 Å². The molecule has 0 bridgehead atoms. The number of hydrogen-bond acceptors (Lipinski definition) is 2. The molecule has 0 atom stereocenters. The van der Waals surface area contributed by atoms with Gasteiger partial charge in [-0.15, -0.1) is 0 Å². The Balaban J connectivity index is 3.10. The van der Waals surface area contributed by atoms with Crippen LogP contribution in [-0.4, -0.2) is 12.9 Å². The SMILES string of the molecule is COc1ccc(F)cc1C(C)(C)CC(=O)C(C)C. The number of benzene rings is 1. The van der Waals surface area contributed by atoms with Gasteiger partial charge in [0.1, 0.15) is 17.3 Å². The molecule has 0 spiro atoms. The summed E-state index contributed by atoms with van der Waals surface area (Å²) in [6, 6.07) is 4.42. The van der Waals surface area contributed by atoms with E-state index in [1.807, 2.05) is 27.7 Å². The maximum absolute atomic E-state index is 13.4. The molecule has 3 heteroatoms. The fourth-order valence-electron chi connectivity index (χ4n) is 1.94. The van der Waals surface area contributed by atoms with E-state index in [1.54, 1.807) is 13.2 Å². The first-order valence-corrected chi connectivity index (χ1v) is 6.14. The Hall–Kier alpha value is -1.38. The number of ether oxygens (including phenoxy) is 1. The van der Waals surface area contributed by atoms with Gasteiger partial charge in [0, 0.05) is 23.3 Å². The van der Waals surface area contributed by atoms with Gasteiger partial charge < -0.3 is 4.74 Å². The predicted octanol–water partition coefficient (Wildman–Crippen LogP) is 3.73. The molecule has 1 aromatic carbocycles. The molecular weight excluding hydrogens is 231 g/mol. The summed E-state index contributed by atoms with van der Waals surface area (Å²) in [5.74, 6) is 0.476. The first kappa shape index (κ1) is 14.7. The molecule has 1 rings (SSSR count). The molecule has 0 aliphatic carbocycles. The normalized spacial score (nSPS) is 11.7. The monoisotopic (exact) mass is 252 g/mol. The second kappa shape index (κ2) is 5.51. The molecule has 0 aliphatic heterocycles. The zero-order valence-corrected chi connectivity index (χ0v) is 11.7. The van der Waals surface area contributed by atoms with Crippen LogP contribution in [0.5, 0.6) is 5.75 Å². The second-order valence-corrected chi connectivity index (χ2v) is 5.53. The Kier molecular flexibility index (Phi) is 4.49. The predicted molar refractivity (Wildman–Crippen MR) is 70.4 cm³/mol. The van der Waals surface area contributed by atoms with Gasteiger partial charge in [-0.1, -0.05) is 27.7 Å². The molecule has 100 valence electrons. The fourth-order valence-corrected chi connectivity index (χ4v) is 1.94. The number of hydrogen-bond donors (Lipinski definition) is 0. The van der Waals surface area contributed by atoms with E-state index < -0.39 is 5.41 Å². The maximum atomic E-state index is 13.4. The average molecular weight is 252 g/mol.